The highest BCUT2D eigenvalue weighted by molar-refractivity contribution is 6.22. The third-order valence-electron chi connectivity index (χ3n) is 15.5. The Balaban J connectivity index is 1.11. The van der Waals surface area contributed by atoms with E-state index < -0.39 is 10.8 Å². The van der Waals surface area contributed by atoms with Crippen LogP contribution in [0.5, 0.6) is 0 Å². The first-order valence-electron chi connectivity index (χ1n) is 23.9. The average molecular weight is 881 g/mol. The fourth-order valence-electron chi connectivity index (χ4n) is 12.3. The maximum Gasteiger partial charge on any atom is 0.160 e. The number of para-hydroxylation sites is 6. The Morgan fingerprint density at radius 2 is 0.721 bits per heavy atom. The molecule has 2 aliphatic rings. The van der Waals surface area contributed by atoms with Crippen LogP contribution in [0.3, 0.4) is 0 Å². The van der Waals surface area contributed by atoms with Crippen molar-refractivity contribution in [2.75, 3.05) is 9.80 Å². The van der Waals surface area contributed by atoms with Crippen LogP contribution < -0.4 is 9.80 Å². The molecule has 68 heavy (non-hydrogen) atoms. The van der Waals surface area contributed by atoms with Gasteiger partial charge in [-0.25, -0.2) is 0 Å². The third-order valence-corrected chi connectivity index (χ3v) is 15.5. The van der Waals surface area contributed by atoms with Gasteiger partial charge in [-0.3, -0.25) is 0 Å². The van der Waals surface area contributed by atoms with Crippen molar-refractivity contribution in [1.29, 1.82) is 0 Å². The molecule has 11 aromatic rings. The molecule has 0 unspecified atom stereocenters. The van der Waals surface area contributed by atoms with E-state index in [1.54, 1.807) is 0 Å². The van der Waals surface area contributed by atoms with Gasteiger partial charge in [-0.05, 0) is 137 Å². The molecule has 4 nitrogen and oxygen atoms in total. The molecule has 0 bridgehead atoms. The predicted molar refractivity (Wildman–Crippen MR) is 284 cm³/mol. The summed E-state index contributed by atoms with van der Waals surface area (Å²) in [5.74, 6) is 0. The summed E-state index contributed by atoms with van der Waals surface area (Å²) in [7, 11) is 0. The minimum absolute atomic E-state index is 0.399. The van der Waals surface area contributed by atoms with Crippen LogP contribution in [-0.2, 0) is 10.8 Å². The van der Waals surface area contributed by atoms with Crippen LogP contribution in [0.4, 0.5) is 34.1 Å². The number of rotatable bonds is 6. The highest BCUT2D eigenvalue weighted by atomic mass is 16.3. The minimum atomic E-state index is -0.408. The quantitative estimate of drug-likeness (QED) is 0.167. The molecule has 330 valence electrons. The molecule has 0 radical (unpaired) electrons. The van der Waals surface area contributed by atoms with Crippen LogP contribution in [0.25, 0.3) is 66.1 Å². The van der Waals surface area contributed by atoms with Crippen LogP contribution in [0, 0.1) is 27.7 Å². The number of hydrogen-bond donors (Lipinski definition) is 0. The standard InChI is InChI=1S/C64H52N2O2/c1-37-21-9-15-27-47(37)65(48-28-16-10-22-38(48)2)51-35-46-56(62-57(51)41-25-13-19-31-53(41)68-62)44-34-33-43-55-45(63(5,6)59(43)60(44)64(46,7)8)36-52(61-58(55)42-26-14-20-32-54(42)67-61)66(49-29-17-11-23-39(49)3)50-30-18-12-24-40(50)4/h9-36H,1-8H3. The number of anilines is 6. The molecular formula is C64H52N2O2. The Kier molecular flexibility index (Phi) is 8.53. The number of fused-ring (bicyclic) bond motifs is 15. The summed E-state index contributed by atoms with van der Waals surface area (Å²) >= 11 is 0. The zero-order valence-electron chi connectivity index (χ0n) is 39.9. The van der Waals surface area contributed by atoms with Gasteiger partial charge in [-0.15, -0.1) is 0 Å². The zero-order valence-corrected chi connectivity index (χ0v) is 39.9. The van der Waals surface area contributed by atoms with Gasteiger partial charge in [0.05, 0.1) is 16.8 Å². The topological polar surface area (TPSA) is 32.8 Å². The molecule has 0 amide bonds. The van der Waals surface area contributed by atoms with Crippen molar-refractivity contribution in [3.63, 3.8) is 0 Å². The van der Waals surface area contributed by atoms with Gasteiger partial charge in [0.15, 0.2) is 5.58 Å². The normalized spacial score (nSPS) is 14.1. The molecule has 2 aliphatic carbocycles. The smallest absolute Gasteiger partial charge is 0.160 e. The zero-order chi connectivity index (χ0) is 46.4. The van der Waals surface area contributed by atoms with E-state index in [0.29, 0.717) is 0 Å². The monoisotopic (exact) mass is 880 g/mol. The summed E-state index contributed by atoms with van der Waals surface area (Å²) in [6.45, 7) is 18.6. The Labute approximate surface area is 397 Å². The predicted octanol–water partition coefficient (Wildman–Crippen LogP) is 18.3. The highest BCUT2D eigenvalue weighted by Gasteiger charge is 2.49. The Morgan fingerprint density at radius 1 is 0.353 bits per heavy atom. The van der Waals surface area contributed by atoms with Gasteiger partial charge in [-0.2, -0.15) is 0 Å². The first kappa shape index (κ1) is 40.5. The van der Waals surface area contributed by atoms with E-state index in [2.05, 4.69) is 235 Å². The second kappa shape index (κ2) is 14.3. The molecule has 0 aliphatic heterocycles. The van der Waals surface area contributed by atoms with Crippen molar-refractivity contribution < 1.29 is 8.83 Å². The molecule has 0 spiro atoms. The lowest BCUT2D eigenvalue weighted by atomic mass is 9.72. The van der Waals surface area contributed by atoms with Gasteiger partial charge < -0.3 is 18.6 Å². The summed E-state index contributed by atoms with van der Waals surface area (Å²) in [5, 5.41) is 4.53. The van der Waals surface area contributed by atoms with Crippen molar-refractivity contribution in [3.05, 3.63) is 214 Å². The van der Waals surface area contributed by atoms with Crippen LogP contribution in [-0.4, -0.2) is 0 Å². The fourth-order valence-corrected chi connectivity index (χ4v) is 12.3. The number of aryl methyl sites for hydroxylation is 4. The maximum atomic E-state index is 7.20. The maximum absolute atomic E-state index is 7.20. The molecule has 0 saturated carbocycles. The van der Waals surface area contributed by atoms with E-state index in [4.69, 9.17) is 8.83 Å². The molecule has 0 saturated heterocycles. The summed E-state index contributed by atoms with van der Waals surface area (Å²) in [5.41, 5.74) is 24.6. The van der Waals surface area contributed by atoms with E-state index in [-0.39, 0.29) is 0 Å². The van der Waals surface area contributed by atoms with Gasteiger partial charge in [-0.1, -0.05) is 149 Å². The minimum Gasteiger partial charge on any atom is -0.455 e. The van der Waals surface area contributed by atoms with Crippen molar-refractivity contribution >= 4 is 78.0 Å². The second-order valence-corrected chi connectivity index (χ2v) is 20.2. The van der Waals surface area contributed by atoms with E-state index in [9.17, 15) is 0 Å². The molecule has 13 rings (SSSR count). The van der Waals surface area contributed by atoms with Gasteiger partial charge in [0.2, 0.25) is 0 Å². The van der Waals surface area contributed by atoms with Crippen molar-refractivity contribution in [2.24, 2.45) is 0 Å². The Bertz CT molecular complexity index is 3840. The molecule has 9 aromatic carbocycles. The number of benzene rings is 9. The third kappa shape index (κ3) is 5.43. The Morgan fingerprint density at radius 3 is 1.21 bits per heavy atom. The lowest BCUT2D eigenvalue weighted by molar-refractivity contribution is 0.600. The van der Waals surface area contributed by atoms with Crippen molar-refractivity contribution in [2.45, 2.75) is 66.2 Å². The Hall–Kier alpha value is -7.82. The van der Waals surface area contributed by atoms with Crippen LogP contribution >= 0.6 is 0 Å². The molecule has 0 atom stereocenters. The lowest BCUT2D eigenvalue weighted by Gasteiger charge is -2.33. The van der Waals surface area contributed by atoms with E-state index >= 15 is 0 Å². The molecule has 0 fully saturated rings. The van der Waals surface area contributed by atoms with Gasteiger partial charge in [0.25, 0.3) is 0 Å². The van der Waals surface area contributed by atoms with Crippen LogP contribution in [0.15, 0.2) is 179 Å². The lowest BCUT2D eigenvalue weighted by Crippen LogP contribution is -2.24. The van der Waals surface area contributed by atoms with Gasteiger partial charge in [0, 0.05) is 55.3 Å². The van der Waals surface area contributed by atoms with E-state index in [1.807, 2.05) is 0 Å². The van der Waals surface area contributed by atoms with Gasteiger partial charge >= 0.3 is 0 Å². The summed E-state index contributed by atoms with van der Waals surface area (Å²) in [6, 6.07) is 61.9. The summed E-state index contributed by atoms with van der Waals surface area (Å²) < 4.78 is 14.3. The summed E-state index contributed by atoms with van der Waals surface area (Å²) in [4.78, 5) is 4.92. The van der Waals surface area contributed by atoms with E-state index in [0.717, 1.165) is 78.0 Å². The first-order valence-corrected chi connectivity index (χ1v) is 23.9. The van der Waals surface area contributed by atoms with E-state index in [1.165, 1.54) is 66.8 Å². The second-order valence-electron chi connectivity index (χ2n) is 20.2. The molecular weight excluding hydrogens is 829 g/mol. The number of furan rings is 2. The largest absolute Gasteiger partial charge is 0.455 e. The van der Waals surface area contributed by atoms with Crippen LogP contribution in [0.2, 0.25) is 0 Å². The molecule has 2 heterocycles. The highest BCUT2D eigenvalue weighted by Crippen LogP contribution is 2.64. The van der Waals surface area contributed by atoms with Gasteiger partial charge in [0.1, 0.15) is 16.7 Å². The molecule has 2 aromatic heterocycles. The van der Waals surface area contributed by atoms with Crippen LogP contribution in [0.1, 0.15) is 72.2 Å². The summed E-state index contributed by atoms with van der Waals surface area (Å²) in [6.07, 6.45) is 0. The number of nitrogens with zero attached hydrogens (tertiary/aromatic N) is 2. The first-order chi connectivity index (χ1) is 32.9. The molecule has 4 heteroatoms. The fraction of sp³-hybridized carbons (Fsp3) is 0.156. The number of hydrogen-bond acceptors (Lipinski definition) is 4. The van der Waals surface area contributed by atoms with Crippen molar-refractivity contribution in [1.82, 2.24) is 0 Å². The SMILES string of the molecule is Cc1ccccc1N(c1ccccc1C)c1cc2c(c3c1oc1ccccc13)-c1ccc3c(c1C2(C)C)C(C)(C)c1cc(N(c2ccccc2C)c2ccccc2C)c2c(oc4ccccc42)c1-3. The molecule has 0 N–H and O–H groups in total. The average Bonchev–Trinajstić information content (AvgIpc) is 4.04. The van der Waals surface area contributed by atoms with Crippen molar-refractivity contribution in [3.8, 4) is 22.3 Å².